The maximum absolute atomic E-state index is 10.9. The standard InChI is InChI=1S/C10H14ClN5O2/c1-15-3-2-7(5-15)4-12-10-8(16(17)18)9(11)13-6-14-10/h6-7H,2-5H2,1H3,(H,12,13,14). The highest BCUT2D eigenvalue weighted by atomic mass is 35.5. The van der Waals surface area contributed by atoms with Crippen LogP contribution in [-0.2, 0) is 0 Å². The molecule has 0 aliphatic carbocycles. The Morgan fingerprint density at radius 3 is 3.06 bits per heavy atom. The highest BCUT2D eigenvalue weighted by Crippen LogP contribution is 2.28. The first kappa shape index (κ1) is 13.0. The van der Waals surface area contributed by atoms with Crippen LogP contribution >= 0.6 is 11.6 Å². The third-order valence-electron chi connectivity index (χ3n) is 3.01. The predicted octanol–water partition coefficient (Wildman–Crippen LogP) is 1.40. The number of nitrogens with one attached hydrogen (secondary N) is 1. The van der Waals surface area contributed by atoms with Gasteiger partial charge in [-0.15, -0.1) is 0 Å². The smallest absolute Gasteiger partial charge is 0.348 e. The van der Waals surface area contributed by atoms with Crippen molar-refractivity contribution >= 4 is 23.1 Å². The predicted molar refractivity (Wildman–Crippen MR) is 67.8 cm³/mol. The number of nitrogens with zero attached hydrogens (tertiary/aromatic N) is 4. The van der Waals surface area contributed by atoms with Crippen molar-refractivity contribution in [2.45, 2.75) is 6.42 Å². The van der Waals surface area contributed by atoms with Crippen molar-refractivity contribution in [2.24, 2.45) is 5.92 Å². The molecule has 18 heavy (non-hydrogen) atoms. The fourth-order valence-electron chi connectivity index (χ4n) is 2.08. The van der Waals surface area contributed by atoms with Crippen LogP contribution in [0.2, 0.25) is 5.15 Å². The molecule has 8 heteroatoms. The van der Waals surface area contributed by atoms with E-state index in [-0.39, 0.29) is 16.7 Å². The maximum atomic E-state index is 10.9. The molecule has 98 valence electrons. The van der Waals surface area contributed by atoms with E-state index in [0.717, 1.165) is 19.5 Å². The van der Waals surface area contributed by atoms with E-state index in [2.05, 4.69) is 27.2 Å². The van der Waals surface area contributed by atoms with E-state index in [9.17, 15) is 10.1 Å². The molecule has 1 saturated heterocycles. The van der Waals surface area contributed by atoms with Crippen LogP contribution in [0.15, 0.2) is 6.33 Å². The monoisotopic (exact) mass is 271 g/mol. The Kier molecular flexibility index (Phi) is 3.93. The Hall–Kier alpha value is -1.47. The number of hydrogen-bond acceptors (Lipinski definition) is 6. The van der Waals surface area contributed by atoms with Gasteiger partial charge in [-0.3, -0.25) is 10.1 Å². The number of rotatable bonds is 4. The Morgan fingerprint density at radius 1 is 1.67 bits per heavy atom. The molecule has 7 nitrogen and oxygen atoms in total. The van der Waals surface area contributed by atoms with E-state index < -0.39 is 4.92 Å². The molecular formula is C10H14ClN5O2. The molecule has 0 amide bonds. The van der Waals surface area contributed by atoms with E-state index in [4.69, 9.17) is 11.6 Å². The van der Waals surface area contributed by atoms with Crippen LogP contribution in [0, 0.1) is 16.0 Å². The zero-order valence-corrected chi connectivity index (χ0v) is 10.7. The Balaban J connectivity index is 2.05. The van der Waals surface area contributed by atoms with Crippen molar-refractivity contribution in [3.63, 3.8) is 0 Å². The van der Waals surface area contributed by atoms with Gasteiger partial charge in [0, 0.05) is 13.1 Å². The molecule has 1 atom stereocenters. The molecule has 1 fully saturated rings. The van der Waals surface area contributed by atoms with Gasteiger partial charge in [0.2, 0.25) is 11.0 Å². The SMILES string of the molecule is CN1CCC(CNc2ncnc(Cl)c2[N+](=O)[O-])C1. The zero-order chi connectivity index (χ0) is 13.1. The van der Waals surface area contributed by atoms with Gasteiger partial charge in [0.1, 0.15) is 6.33 Å². The topological polar surface area (TPSA) is 84.2 Å². The highest BCUT2D eigenvalue weighted by molar-refractivity contribution is 6.31. The van der Waals surface area contributed by atoms with Crippen molar-refractivity contribution in [3.8, 4) is 0 Å². The number of hydrogen-bond donors (Lipinski definition) is 1. The van der Waals surface area contributed by atoms with E-state index in [1.807, 2.05) is 0 Å². The maximum Gasteiger partial charge on any atom is 0.348 e. The zero-order valence-electron chi connectivity index (χ0n) is 9.97. The van der Waals surface area contributed by atoms with E-state index >= 15 is 0 Å². The van der Waals surface area contributed by atoms with E-state index in [1.165, 1.54) is 6.33 Å². The highest BCUT2D eigenvalue weighted by Gasteiger charge is 2.24. The quantitative estimate of drug-likeness (QED) is 0.506. The molecule has 0 saturated carbocycles. The van der Waals surface area contributed by atoms with Gasteiger partial charge in [-0.2, -0.15) is 0 Å². The van der Waals surface area contributed by atoms with Crippen LogP contribution in [0.3, 0.4) is 0 Å². The third kappa shape index (κ3) is 2.85. The molecule has 0 spiro atoms. The fourth-order valence-corrected chi connectivity index (χ4v) is 2.28. The molecule has 2 rings (SSSR count). The Bertz CT molecular complexity index is 456. The molecular weight excluding hydrogens is 258 g/mol. The largest absolute Gasteiger partial charge is 0.364 e. The summed E-state index contributed by atoms with van der Waals surface area (Å²) < 4.78 is 0. The second-order valence-electron chi connectivity index (χ2n) is 4.42. The summed E-state index contributed by atoms with van der Waals surface area (Å²) in [6.07, 6.45) is 2.30. The van der Waals surface area contributed by atoms with Crippen LogP contribution in [0.1, 0.15) is 6.42 Å². The number of likely N-dealkylation sites (tertiary alicyclic amines) is 1. The lowest BCUT2D eigenvalue weighted by Gasteiger charge is -2.12. The van der Waals surface area contributed by atoms with Crippen molar-refractivity contribution in [1.29, 1.82) is 0 Å². The molecule has 2 heterocycles. The molecule has 0 radical (unpaired) electrons. The Morgan fingerprint density at radius 2 is 2.44 bits per heavy atom. The van der Waals surface area contributed by atoms with Crippen molar-refractivity contribution in [3.05, 3.63) is 21.6 Å². The molecule has 1 unspecified atom stereocenters. The van der Waals surface area contributed by atoms with Crippen LogP contribution in [0.25, 0.3) is 0 Å². The van der Waals surface area contributed by atoms with Crippen LogP contribution in [0.4, 0.5) is 11.5 Å². The average Bonchev–Trinajstić information content (AvgIpc) is 2.72. The van der Waals surface area contributed by atoms with Gasteiger partial charge in [0.05, 0.1) is 4.92 Å². The third-order valence-corrected chi connectivity index (χ3v) is 3.28. The Labute approximate surface area is 109 Å². The molecule has 1 aliphatic rings. The summed E-state index contributed by atoms with van der Waals surface area (Å²) in [4.78, 5) is 20.0. The normalized spacial score (nSPS) is 20.0. The molecule has 1 aliphatic heterocycles. The number of nitro groups is 1. The van der Waals surface area contributed by atoms with Crippen LogP contribution in [0.5, 0.6) is 0 Å². The number of aromatic nitrogens is 2. The number of anilines is 1. The molecule has 1 N–H and O–H groups in total. The number of halogens is 1. The average molecular weight is 272 g/mol. The van der Waals surface area contributed by atoms with Crippen molar-refractivity contribution in [1.82, 2.24) is 14.9 Å². The minimum absolute atomic E-state index is 0.138. The molecule has 1 aromatic rings. The molecule has 0 aromatic carbocycles. The first-order valence-corrected chi connectivity index (χ1v) is 6.03. The van der Waals surface area contributed by atoms with Crippen molar-refractivity contribution in [2.75, 3.05) is 32.0 Å². The van der Waals surface area contributed by atoms with Crippen molar-refractivity contribution < 1.29 is 4.92 Å². The fraction of sp³-hybridized carbons (Fsp3) is 0.600. The first-order valence-electron chi connectivity index (χ1n) is 5.65. The molecule has 1 aromatic heterocycles. The lowest BCUT2D eigenvalue weighted by molar-refractivity contribution is -0.384. The summed E-state index contributed by atoms with van der Waals surface area (Å²) >= 11 is 5.70. The summed E-state index contributed by atoms with van der Waals surface area (Å²) in [6.45, 7) is 2.69. The van der Waals surface area contributed by atoms with Crippen LogP contribution in [-0.4, -0.2) is 46.5 Å². The summed E-state index contributed by atoms with van der Waals surface area (Å²) in [7, 11) is 2.06. The van der Waals surface area contributed by atoms with Gasteiger partial charge in [-0.05, 0) is 25.9 Å². The minimum atomic E-state index is -0.564. The lowest BCUT2D eigenvalue weighted by atomic mass is 10.1. The van der Waals surface area contributed by atoms with Crippen LogP contribution < -0.4 is 5.32 Å². The minimum Gasteiger partial charge on any atom is -0.364 e. The first-order chi connectivity index (χ1) is 8.58. The van der Waals surface area contributed by atoms with Gasteiger partial charge in [-0.25, -0.2) is 9.97 Å². The van der Waals surface area contributed by atoms with Gasteiger partial charge < -0.3 is 10.2 Å². The summed E-state index contributed by atoms with van der Waals surface area (Å²) in [5.41, 5.74) is -0.259. The van der Waals surface area contributed by atoms with Gasteiger partial charge in [-0.1, -0.05) is 11.6 Å². The van der Waals surface area contributed by atoms with E-state index in [1.54, 1.807) is 0 Å². The lowest BCUT2D eigenvalue weighted by Crippen LogP contribution is -2.20. The van der Waals surface area contributed by atoms with Gasteiger partial charge >= 0.3 is 5.69 Å². The molecule has 0 bridgehead atoms. The van der Waals surface area contributed by atoms with Gasteiger partial charge in [0.15, 0.2) is 0 Å². The van der Waals surface area contributed by atoms with E-state index in [0.29, 0.717) is 12.5 Å². The second kappa shape index (κ2) is 5.45. The summed E-state index contributed by atoms with van der Waals surface area (Å²) in [6, 6.07) is 0. The van der Waals surface area contributed by atoms with Gasteiger partial charge in [0.25, 0.3) is 0 Å². The summed E-state index contributed by atoms with van der Waals surface area (Å²) in [5, 5.41) is 13.7. The second-order valence-corrected chi connectivity index (χ2v) is 4.77. The summed E-state index contributed by atoms with van der Waals surface area (Å²) in [5.74, 6) is 0.665.